The van der Waals surface area contributed by atoms with Gasteiger partial charge in [-0.25, -0.2) is 0 Å². The molecule has 1 saturated carbocycles. The molecule has 5 rings (SSSR count). The van der Waals surface area contributed by atoms with Crippen LogP contribution < -0.4 is 10.1 Å². The molecular weight excluding hydrogens is 414 g/mol. The first-order valence-electron chi connectivity index (χ1n) is 12.4. The number of benzene rings is 2. The Morgan fingerprint density at radius 3 is 2.52 bits per heavy atom. The molecule has 2 aromatic rings. The van der Waals surface area contributed by atoms with E-state index in [1.165, 1.54) is 25.7 Å². The molecule has 2 heterocycles. The molecule has 0 unspecified atom stereocenters. The minimum Gasteiger partial charge on any atom is -0.457 e. The van der Waals surface area contributed by atoms with Crippen molar-refractivity contribution in [1.82, 2.24) is 15.1 Å². The molecule has 2 amide bonds. The second-order valence-corrected chi connectivity index (χ2v) is 9.43. The van der Waals surface area contributed by atoms with Crippen LogP contribution in [0, 0.1) is 0 Å². The van der Waals surface area contributed by atoms with Gasteiger partial charge in [0.05, 0.1) is 0 Å². The third kappa shape index (κ3) is 4.62. The average molecular weight is 448 g/mol. The quantitative estimate of drug-likeness (QED) is 0.719. The van der Waals surface area contributed by atoms with E-state index in [1.54, 1.807) is 24.3 Å². The van der Waals surface area contributed by atoms with Crippen LogP contribution in [0.25, 0.3) is 0 Å². The maximum Gasteiger partial charge on any atom is 0.254 e. The molecule has 0 aromatic heterocycles. The molecule has 0 spiro atoms. The van der Waals surface area contributed by atoms with Gasteiger partial charge < -0.3 is 15.0 Å². The van der Waals surface area contributed by atoms with Gasteiger partial charge in [-0.15, -0.1) is 0 Å². The van der Waals surface area contributed by atoms with Crippen LogP contribution in [0.2, 0.25) is 0 Å². The summed E-state index contributed by atoms with van der Waals surface area (Å²) in [4.78, 5) is 29.9. The Balaban J connectivity index is 1.23. The highest BCUT2D eigenvalue weighted by Crippen LogP contribution is 2.32. The summed E-state index contributed by atoms with van der Waals surface area (Å²) in [6.45, 7) is 5.42. The number of hydrogen-bond acceptors (Lipinski definition) is 4. The Morgan fingerprint density at radius 1 is 1.00 bits per heavy atom. The molecule has 1 atom stereocenters. The monoisotopic (exact) mass is 447 g/mol. The number of fused-ring (bicyclic) bond motifs is 1. The van der Waals surface area contributed by atoms with Crippen LogP contribution in [-0.2, 0) is 6.42 Å². The van der Waals surface area contributed by atoms with Crippen molar-refractivity contribution in [3.63, 3.8) is 0 Å². The molecule has 1 saturated heterocycles. The maximum absolute atomic E-state index is 13.3. The van der Waals surface area contributed by atoms with Crippen molar-refractivity contribution in [3.05, 3.63) is 59.2 Å². The van der Waals surface area contributed by atoms with E-state index in [0.29, 0.717) is 29.6 Å². The molecule has 3 aliphatic rings. The summed E-state index contributed by atoms with van der Waals surface area (Å²) < 4.78 is 6.01. The lowest BCUT2D eigenvalue weighted by Crippen LogP contribution is -2.46. The third-order valence-electron chi connectivity index (χ3n) is 7.36. The second-order valence-electron chi connectivity index (χ2n) is 9.43. The van der Waals surface area contributed by atoms with Crippen molar-refractivity contribution in [1.29, 1.82) is 0 Å². The van der Waals surface area contributed by atoms with Crippen molar-refractivity contribution < 1.29 is 14.3 Å². The number of likely N-dealkylation sites (tertiary alicyclic amines) is 1. The Kier molecular flexibility index (Phi) is 6.36. The van der Waals surface area contributed by atoms with Crippen LogP contribution in [0.1, 0.15) is 65.3 Å². The standard InChI is InChI=1S/C27H33N3O3/c1-2-28-26(31)19-7-9-23(10-8-19)33-24-11-12-25-20(17-24)13-16-30(27(25)32)22-14-15-29(18-22)21-5-3-4-6-21/h7-12,17,21-22H,2-6,13-16,18H2,1H3,(H,28,31)/t22-/m0/s1. The van der Waals surface area contributed by atoms with Crippen LogP contribution in [0.15, 0.2) is 42.5 Å². The first kappa shape index (κ1) is 22.0. The summed E-state index contributed by atoms with van der Waals surface area (Å²) in [6, 6.07) is 14.0. The Hall–Kier alpha value is -2.86. The maximum atomic E-state index is 13.3. The zero-order valence-corrected chi connectivity index (χ0v) is 19.4. The first-order valence-corrected chi connectivity index (χ1v) is 12.4. The topological polar surface area (TPSA) is 61.9 Å². The number of hydrogen-bond donors (Lipinski definition) is 1. The molecule has 2 fully saturated rings. The molecule has 0 radical (unpaired) electrons. The van der Waals surface area contributed by atoms with Gasteiger partial charge in [-0.3, -0.25) is 14.5 Å². The van der Waals surface area contributed by atoms with Crippen molar-refractivity contribution in [2.24, 2.45) is 0 Å². The first-order chi connectivity index (χ1) is 16.1. The molecule has 2 aliphatic heterocycles. The van der Waals surface area contributed by atoms with Crippen molar-refractivity contribution in [3.8, 4) is 11.5 Å². The second kappa shape index (κ2) is 9.56. The summed E-state index contributed by atoms with van der Waals surface area (Å²) >= 11 is 0. The van der Waals surface area contributed by atoms with Gasteiger partial charge in [0.2, 0.25) is 0 Å². The Labute approximate surface area is 195 Å². The van der Waals surface area contributed by atoms with Crippen LogP contribution in [0.5, 0.6) is 11.5 Å². The normalized spacial score (nSPS) is 21.3. The van der Waals surface area contributed by atoms with Crippen LogP contribution in [0.3, 0.4) is 0 Å². The van der Waals surface area contributed by atoms with Gasteiger partial charge in [0, 0.05) is 49.4 Å². The molecule has 6 nitrogen and oxygen atoms in total. The lowest BCUT2D eigenvalue weighted by atomic mass is 9.97. The summed E-state index contributed by atoms with van der Waals surface area (Å²) in [7, 11) is 0. The minimum atomic E-state index is -0.0884. The van der Waals surface area contributed by atoms with E-state index in [4.69, 9.17) is 4.74 Å². The van der Waals surface area contributed by atoms with E-state index in [-0.39, 0.29) is 11.8 Å². The van der Waals surface area contributed by atoms with E-state index in [2.05, 4.69) is 15.1 Å². The number of carbonyl (C=O) groups excluding carboxylic acids is 2. The largest absolute Gasteiger partial charge is 0.457 e. The zero-order chi connectivity index (χ0) is 22.8. The predicted molar refractivity (Wildman–Crippen MR) is 128 cm³/mol. The molecule has 174 valence electrons. The van der Waals surface area contributed by atoms with Gasteiger partial charge in [0.15, 0.2) is 0 Å². The van der Waals surface area contributed by atoms with E-state index >= 15 is 0 Å². The van der Waals surface area contributed by atoms with Crippen LogP contribution >= 0.6 is 0 Å². The van der Waals surface area contributed by atoms with Gasteiger partial charge in [0.1, 0.15) is 11.5 Å². The Bertz CT molecular complexity index is 1010. The van der Waals surface area contributed by atoms with E-state index in [1.807, 2.05) is 25.1 Å². The van der Waals surface area contributed by atoms with E-state index in [0.717, 1.165) is 49.6 Å². The fraction of sp³-hybridized carbons (Fsp3) is 0.481. The summed E-state index contributed by atoms with van der Waals surface area (Å²) in [5.74, 6) is 1.46. The van der Waals surface area contributed by atoms with Crippen molar-refractivity contribution in [2.45, 2.75) is 57.5 Å². The number of nitrogens with zero attached hydrogens (tertiary/aromatic N) is 2. The van der Waals surface area contributed by atoms with Gasteiger partial charge in [0.25, 0.3) is 11.8 Å². The van der Waals surface area contributed by atoms with Gasteiger partial charge in [-0.05, 0) is 80.6 Å². The number of ether oxygens (including phenoxy) is 1. The molecule has 0 bridgehead atoms. The number of rotatable bonds is 6. The smallest absolute Gasteiger partial charge is 0.254 e. The number of nitrogens with one attached hydrogen (secondary N) is 1. The van der Waals surface area contributed by atoms with E-state index in [9.17, 15) is 9.59 Å². The number of amides is 2. The van der Waals surface area contributed by atoms with Gasteiger partial charge >= 0.3 is 0 Å². The SMILES string of the molecule is CCNC(=O)c1ccc(Oc2ccc3c(c2)CCN([C@H]2CCN(C4CCCC4)C2)C3=O)cc1. The Morgan fingerprint density at radius 2 is 1.76 bits per heavy atom. The number of carbonyl (C=O) groups is 2. The summed E-state index contributed by atoms with van der Waals surface area (Å²) in [5, 5.41) is 2.79. The fourth-order valence-corrected chi connectivity index (χ4v) is 5.59. The lowest BCUT2D eigenvalue weighted by Gasteiger charge is -2.34. The minimum absolute atomic E-state index is 0.0884. The molecule has 6 heteroatoms. The van der Waals surface area contributed by atoms with Gasteiger partial charge in [-0.1, -0.05) is 12.8 Å². The van der Waals surface area contributed by atoms with Crippen LogP contribution in [-0.4, -0.2) is 59.9 Å². The molecule has 2 aromatic carbocycles. The highest BCUT2D eigenvalue weighted by Gasteiger charge is 2.36. The summed E-state index contributed by atoms with van der Waals surface area (Å²) in [6.07, 6.45) is 7.29. The molecule has 1 N–H and O–H groups in total. The lowest BCUT2D eigenvalue weighted by molar-refractivity contribution is 0.0658. The predicted octanol–water partition coefficient (Wildman–Crippen LogP) is 4.24. The fourth-order valence-electron chi connectivity index (χ4n) is 5.59. The highest BCUT2D eigenvalue weighted by molar-refractivity contribution is 5.97. The van der Waals surface area contributed by atoms with Gasteiger partial charge in [-0.2, -0.15) is 0 Å². The molecule has 1 aliphatic carbocycles. The molecule has 33 heavy (non-hydrogen) atoms. The van der Waals surface area contributed by atoms with Crippen LogP contribution in [0.4, 0.5) is 0 Å². The summed E-state index contributed by atoms with van der Waals surface area (Å²) in [5.41, 5.74) is 2.47. The van der Waals surface area contributed by atoms with Crippen molar-refractivity contribution in [2.75, 3.05) is 26.2 Å². The third-order valence-corrected chi connectivity index (χ3v) is 7.36. The highest BCUT2D eigenvalue weighted by atomic mass is 16.5. The van der Waals surface area contributed by atoms with E-state index < -0.39 is 0 Å². The molecular formula is C27H33N3O3. The van der Waals surface area contributed by atoms with Crippen molar-refractivity contribution >= 4 is 11.8 Å². The zero-order valence-electron chi connectivity index (χ0n) is 19.4. The average Bonchev–Trinajstić information content (AvgIpc) is 3.52.